The van der Waals surface area contributed by atoms with Gasteiger partial charge in [-0.1, -0.05) is 42.1 Å². The van der Waals surface area contributed by atoms with E-state index < -0.39 is 0 Å². The molecule has 1 aliphatic rings. The summed E-state index contributed by atoms with van der Waals surface area (Å²) in [6.07, 6.45) is 10.1. The molecular weight excluding hydrogens is 302 g/mol. The average molecular weight is 328 g/mol. The fourth-order valence-corrected chi connectivity index (χ4v) is 3.12. The molecule has 1 saturated carbocycles. The highest BCUT2D eigenvalue weighted by Gasteiger charge is 2.16. The summed E-state index contributed by atoms with van der Waals surface area (Å²) in [5.74, 6) is 0. The van der Waals surface area contributed by atoms with Gasteiger partial charge in [-0.15, -0.1) is 0 Å². The van der Waals surface area contributed by atoms with Crippen molar-refractivity contribution in [3.63, 3.8) is 0 Å². The van der Waals surface area contributed by atoms with Crippen molar-refractivity contribution in [2.24, 2.45) is 0 Å². The fourth-order valence-electron chi connectivity index (χ4n) is 2.87. The Bertz CT molecular complexity index is 358. The summed E-state index contributed by atoms with van der Waals surface area (Å²) < 4.78 is 2.22. The molecule has 0 aromatic carbocycles. The van der Waals surface area contributed by atoms with Crippen molar-refractivity contribution >= 4 is 15.9 Å². The fraction of sp³-hybridized carbons (Fsp3) is 0.800. The summed E-state index contributed by atoms with van der Waals surface area (Å²) in [6.45, 7) is 5.47. The maximum atomic E-state index is 4.79. The number of nitrogens with zero attached hydrogens (tertiary/aromatic N) is 3. The van der Waals surface area contributed by atoms with Crippen LogP contribution < -0.4 is 0 Å². The molecule has 1 heterocycles. The van der Waals surface area contributed by atoms with E-state index >= 15 is 0 Å². The van der Waals surface area contributed by atoms with Gasteiger partial charge < -0.3 is 0 Å². The maximum absolute atomic E-state index is 4.79. The zero-order valence-corrected chi connectivity index (χ0v) is 13.6. The molecule has 2 rings (SSSR count). The molecule has 108 valence electrons. The van der Waals surface area contributed by atoms with Crippen LogP contribution >= 0.6 is 15.9 Å². The molecule has 1 aliphatic carbocycles. The molecule has 0 radical (unpaired) electrons. The molecule has 0 saturated heterocycles. The minimum absolute atomic E-state index is 0.653. The van der Waals surface area contributed by atoms with Gasteiger partial charge in [0.25, 0.3) is 0 Å². The molecule has 1 aromatic heterocycles. The Hall–Kier alpha value is -0.350. The third kappa shape index (κ3) is 4.60. The van der Waals surface area contributed by atoms with Crippen LogP contribution in [0.3, 0.4) is 0 Å². The monoisotopic (exact) mass is 327 g/mol. The molecular formula is C15H26BrN3. The lowest BCUT2D eigenvalue weighted by molar-refractivity contribution is 0.273. The maximum Gasteiger partial charge on any atom is 0.0764 e. The van der Waals surface area contributed by atoms with E-state index in [1.54, 1.807) is 0 Å². The summed E-state index contributed by atoms with van der Waals surface area (Å²) in [6, 6.07) is 2.85. The number of alkyl halides is 1. The van der Waals surface area contributed by atoms with Crippen molar-refractivity contribution in [1.82, 2.24) is 14.7 Å². The Balaban J connectivity index is 1.88. The lowest BCUT2D eigenvalue weighted by Gasteiger charge is -2.22. The summed E-state index contributed by atoms with van der Waals surface area (Å²) in [5.41, 5.74) is 1.22. The quantitative estimate of drug-likeness (QED) is 0.706. The second-order valence-corrected chi connectivity index (χ2v) is 6.28. The van der Waals surface area contributed by atoms with Gasteiger partial charge in [0, 0.05) is 18.1 Å². The van der Waals surface area contributed by atoms with Crippen molar-refractivity contribution < 1.29 is 0 Å². The minimum atomic E-state index is 0.653. The summed E-state index contributed by atoms with van der Waals surface area (Å²) in [5, 5.41) is 5.88. The number of hydrogen-bond acceptors (Lipinski definition) is 2. The summed E-state index contributed by atoms with van der Waals surface area (Å²) in [7, 11) is 0. The van der Waals surface area contributed by atoms with Gasteiger partial charge in [-0.2, -0.15) is 5.10 Å². The largest absolute Gasteiger partial charge is 0.298 e. The van der Waals surface area contributed by atoms with Crippen LogP contribution in [0.25, 0.3) is 0 Å². The van der Waals surface area contributed by atoms with E-state index in [2.05, 4.69) is 44.7 Å². The molecule has 0 aliphatic heterocycles. The Morgan fingerprint density at radius 3 is 2.84 bits per heavy atom. The van der Waals surface area contributed by atoms with Crippen LogP contribution in [0.15, 0.2) is 12.3 Å². The van der Waals surface area contributed by atoms with Crippen molar-refractivity contribution in [3.05, 3.63) is 18.0 Å². The van der Waals surface area contributed by atoms with Crippen LogP contribution in [0.2, 0.25) is 0 Å². The standard InChI is InChI=1S/C15H26BrN3/c1-2-18(11-6-10-16)13-14-9-12-19(17-14)15-7-4-3-5-8-15/h9,12,15H,2-8,10-11,13H2,1H3. The van der Waals surface area contributed by atoms with Crippen molar-refractivity contribution in [2.75, 3.05) is 18.4 Å². The highest BCUT2D eigenvalue weighted by molar-refractivity contribution is 9.09. The Morgan fingerprint density at radius 2 is 2.16 bits per heavy atom. The number of halogens is 1. The van der Waals surface area contributed by atoms with Crippen molar-refractivity contribution in [3.8, 4) is 0 Å². The SMILES string of the molecule is CCN(CCCBr)Cc1ccn(C2CCCCC2)n1. The zero-order chi connectivity index (χ0) is 13.5. The van der Waals surface area contributed by atoms with E-state index in [0.29, 0.717) is 6.04 Å². The molecule has 1 aromatic rings. The van der Waals surface area contributed by atoms with Gasteiger partial charge in [0.05, 0.1) is 11.7 Å². The van der Waals surface area contributed by atoms with Crippen LogP contribution in [-0.2, 0) is 6.54 Å². The van der Waals surface area contributed by atoms with Gasteiger partial charge in [0.15, 0.2) is 0 Å². The van der Waals surface area contributed by atoms with E-state index in [-0.39, 0.29) is 0 Å². The van der Waals surface area contributed by atoms with E-state index in [0.717, 1.165) is 25.0 Å². The molecule has 0 bridgehead atoms. The highest BCUT2D eigenvalue weighted by atomic mass is 79.9. The number of rotatable bonds is 7. The second-order valence-electron chi connectivity index (χ2n) is 5.49. The normalized spacial score (nSPS) is 17.2. The van der Waals surface area contributed by atoms with Crippen molar-refractivity contribution in [2.45, 2.75) is 58.0 Å². The lowest BCUT2D eigenvalue weighted by Crippen LogP contribution is -2.24. The van der Waals surface area contributed by atoms with Gasteiger partial charge in [0.1, 0.15) is 0 Å². The Morgan fingerprint density at radius 1 is 1.37 bits per heavy atom. The first-order chi connectivity index (χ1) is 9.33. The zero-order valence-electron chi connectivity index (χ0n) is 12.0. The van der Waals surface area contributed by atoms with Crippen LogP contribution in [0.4, 0.5) is 0 Å². The third-order valence-corrected chi connectivity index (χ3v) is 4.61. The summed E-state index contributed by atoms with van der Waals surface area (Å²) >= 11 is 3.50. The van der Waals surface area contributed by atoms with Crippen LogP contribution in [0.1, 0.15) is 57.2 Å². The van der Waals surface area contributed by atoms with Gasteiger partial charge >= 0.3 is 0 Å². The van der Waals surface area contributed by atoms with Gasteiger partial charge in [0.2, 0.25) is 0 Å². The van der Waals surface area contributed by atoms with Crippen LogP contribution in [0.5, 0.6) is 0 Å². The molecule has 0 spiro atoms. The Kier molecular flexibility index (Phi) is 6.38. The highest BCUT2D eigenvalue weighted by Crippen LogP contribution is 2.27. The van der Waals surface area contributed by atoms with Crippen LogP contribution in [-0.4, -0.2) is 33.1 Å². The topological polar surface area (TPSA) is 21.1 Å². The Labute approximate surface area is 125 Å². The first-order valence-electron chi connectivity index (χ1n) is 7.66. The molecule has 0 unspecified atom stereocenters. The predicted molar refractivity (Wildman–Crippen MR) is 83.7 cm³/mol. The second kappa shape index (κ2) is 8.05. The van der Waals surface area contributed by atoms with E-state index in [9.17, 15) is 0 Å². The van der Waals surface area contributed by atoms with E-state index in [1.165, 1.54) is 44.2 Å². The molecule has 1 fully saturated rings. The van der Waals surface area contributed by atoms with Gasteiger partial charge in [-0.25, -0.2) is 0 Å². The predicted octanol–water partition coefficient (Wildman–Crippen LogP) is 4.00. The van der Waals surface area contributed by atoms with Gasteiger partial charge in [-0.05, 0) is 38.4 Å². The number of hydrogen-bond donors (Lipinski definition) is 0. The molecule has 4 heteroatoms. The molecule has 19 heavy (non-hydrogen) atoms. The minimum Gasteiger partial charge on any atom is -0.298 e. The average Bonchev–Trinajstić information content (AvgIpc) is 2.93. The van der Waals surface area contributed by atoms with E-state index in [1.807, 2.05) is 0 Å². The molecule has 3 nitrogen and oxygen atoms in total. The molecule has 0 amide bonds. The molecule has 0 N–H and O–H groups in total. The van der Waals surface area contributed by atoms with E-state index in [4.69, 9.17) is 5.10 Å². The van der Waals surface area contributed by atoms with Crippen molar-refractivity contribution in [1.29, 1.82) is 0 Å². The van der Waals surface area contributed by atoms with Crippen LogP contribution in [0, 0.1) is 0 Å². The van der Waals surface area contributed by atoms with Gasteiger partial charge in [-0.3, -0.25) is 9.58 Å². The molecule has 0 atom stereocenters. The number of aromatic nitrogens is 2. The smallest absolute Gasteiger partial charge is 0.0764 e. The first-order valence-corrected chi connectivity index (χ1v) is 8.78. The summed E-state index contributed by atoms with van der Waals surface area (Å²) in [4.78, 5) is 2.47. The third-order valence-electron chi connectivity index (χ3n) is 4.05. The lowest BCUT2D eigenvalue weighted by atomic mass is 9.96. The first kappa shape index (κ1) is 15.0.